The van der Waals surface area contributed by atoms with Crippen LogP contribution in [0.5, 0.6) is 0 Å². The number of rotatable bonds is 6. The molecule has 2 rings (SSSR count). The van der Waals surface area contributed by atoms with Gasteiger partial charge in [0.1, 0.15) is 11.2 Å². The van der Waals surface area contributed by atoms with E-state index < -0.39 is 35.2 Å². The minimum Gasteiger partial charge on any atom is -0.465 e. The molecule has 1 aromatic heterocycles. The maximum absolute atomic E-state index is 14.3. The van der Waals surface area contributed by atoms with Crippen LogP contribution in [0.3, 0.4) is 0 Å². The summed E-state index contributed by atoms with van der Waals surface area (Å²) in [6.45, 7) is -1.49. The first-order valence-corrected chi connectivity index (χ1v) is 8.21. The van der Waals surface area contributed by atoms with Crippen LogP contribution in [-0.4, -0.2) is 32.3 Å². The van der Waals surface area contributed by atoms with Gasteiger partial charge in [0.25, 0.3) is 0 Å². The van der Waals surface area contributed by atoms with Crippen molar-refractivity contribution in [3.63, 3.8) is 0 Å². The van der Waals surface area contributed by atoms with Crippen LogP contribution in [0.1, 0.15) is 19.0 Å². The Hall–Kier alpha value is -2.00. The molecular weight excluding hydrogens is 398 g/mol. The van der Waals surface area contributed by atoms with Crippen molar-refractivity contribution in [1.82, 2.24) is 14.3 Å². The molecule has 0 aliphatic carbocycles. The van der Waals surface area contributed by atoms with E-state index in [9.17, 15) is 22.8 Å². The summed E-state index contributed by atoms with van der Waals surface area (Å²) in [5.41, 5.74) is -1.25. The van der Waals surface area contributed by atoms with Gasteiger partial charge < -0.3 is 4.74 Å². The number of aryl methyl sites for hydroxylation is 1. The van der Waals surface area contributed by atoms with E-state index >= 15 is 0 Å². The lowest BCUT2D eigenvalue weighted by Gasteiger charge is -2.12. The lowest BCUT2D eigenvalue weighted by atomic mass is 10.0. The minimum atomic E-state index is -3.22. The Morgan fingerprint density at radius 3 is 2.62 bits per heavy atom. The molecule has 0 saturated carbocycles. The van der Waals surface area contributed by atoms with Gasteiger partial charge >= 0.3 is 18.2 Å². The van der Waals surface area contributed by atoms with Gasteiger partial charge in [0.05, 0.1) is 12.2 Å². The lowest BCUT2D eigenvalue weighted by Crippen LogP contribution is -2.23. The van der Waals surface area contributed by atoms with E-state index in [4.69, 9.17) is 27.9 Å². The van der Waals surface area contributed by atoms with E-state index in [2.05, 4.69) is 5.10 Å². The van der Waals surface area contributed by atoms with E-state index in [1.54, 1.807) is 6.92 Å². The molecular formula is C15H14Cl2F3N3O3. The van der Waals surface area contributed by atoms with Crippen LogP contribution in [0.4, 0.5) is 13.2 Å². The Balaban J connectivity index is 2.51. The highest BCUT2D eigenvalue weighted by Crippen LogP contribution is 2.30. The summed E-state index contributed by atoms with van der Waals surface area (Å²) in [6.07, 6.45) is -0.127. The minimum absolute atomic E-state index is 0.0527. The fourth-order valence-corrected chi connectivity index (χ4v) is 2.73. The Bertz CT molecular complexity index is 883. The molecule has 1 aromatic carbocycles. The van der Waals surface area contributed by atoms with Gasteiger partial charge in [-0.1, -0.05) is 11.6 Å². The molecule has 0 amide bonds. The van der Waals surface area contributed by atoms with E-state index in [0.29, 0.717) is 4.68 Å². The maximum atomic E-state index is 14.3. The summed E-state index contributed by atoms with van der Waals surface area (Å²) in [6, 6.07) is 2.02. The van der Waals surface area contributed by atoms with Gasteiger partial charge in [0.15, 0.2) is 5.82 Å². The number of halogens is 5. The van der Waals surface area contributed by atoms with Crippen LogP contribution >= 0.6 is 23.2 Å². The van der Waals surface area contributed by atoms with Crippen LogP contribution in [0.2, 0.25) is 5.02 Å². The molecule has 6 nitrogen and oxygen atoms in total. The molecule has 1 atom stereocenters. The normalized spacial score (nSPS) is 12.5. The predicted molar refractivity (Wildman–Crippen MR) is 89.1 cm³/mol. The molecule has 0 fully saturated rings. The van der Waals surface area contributed by atoms with Crippen LogP contribution in [0, 0.1) is 5.82 Å². The number of carbonyl (C=O) groups is 1. The molecule has 26 heavy (non-hydrogen) atoms. The van der Waals surface area contributed by atoms with Crippen LogP contribution < -0.4 is 5.69 Å². The van der Waals surface area contributed by atoms with E-state index in [1.165, 1.54) is 0 Å². The van der Waals surface area contributed by atoms with E-state index in [0.717, 1.165) is 19.2 Å². The van der Waals surface area contributed by atoms with Crippen molar-refractivity contribution in [1.29, 1.82) is 0 Å². The average molecular weight is 412 g/mol. The predicted octanol–water partition coefficient (Wildman–Crippen LogP) is 3.15. The third-order valence-electron chi connectivity index (χ3n) is 3.47. The monoisotopic (exact) mass is 411 g/mol. The summed E-state index contributed by atoms with van der Waals surface area (Å²) in [5, 5.41) is 2.50. The standard InChI is InChI=1S/C15H14Cl2F3N3O3/c1-3-26-13(24)10(17)5-7-4-8(11(18)6-9(7)16)12-21-22(2)15(25)23(12)14(19)20/h4,6,10,14H,3,5H2,1-2H3. The summed E-state index contributed by atoms with van der Waals surface area (Å²) in [7, 11) is 1.16. The second kappa shape index (κ2) is 8.13. The van der Waals surface area contributed by atoms with Crippen LogP contribution in [0.25, 0.3) is 11.4 Å². The molecule has 0 spiro atoms. The van der Waals surface area contributed by atoms with Crippen LogP contribution in [0.15, 0.2) is 16.9 Å². The molecule has 0 saturated heterocycles. The average Bonchev–Trinajstić information content (AvgIpc) is 2.85. The van der Waals surface area contributed by atoms with Gasteiger partial charge in [-0.05, 0) is 24.6 Å². The molecule has 0 aliphatic heterocycles. The summed E-state index contributed by atoms with van der Waals surface area (Å²) < 4.78 is 46.2. The zero-order chi connectivity index (χ0) is 19.6. The first kappa shape index (κ1) is 20.3. The fourth-order valence-electron chi connectivity index (χ4n) is 2.27. The summed E-state index contributed by atoms with van der Waals surface area (Å²) >= 11 is 11.9. The second-order valence-corrected chi connectivity index (χ2v) is 6.16. The highest BCUT2D eigenvalue weighted by molar-refractivity contribution is 6.32. The summed E-state index contributed by atoms with van der Waals surface area (Å²) in [5.74, 6) is -2.21. The number of hydrogen-bond acceptors (Lipinski definition) is 4. The van der Waals surface area contributed by atoms with Crippen molar-refractivity contribution in [2.24, 2.45) is 7.05 Å². The third-order valence-corrected chi connectivity index (χ3v) is 4.15. The Morgan fingerprint density at radius 1 is 1.38 bits per heavy atom. The number of nitrogens with zero attached hydrogens (tertiary/aromatic N) is 3. The second-order valence-electron chi connectivity index (χ2n) is 5.22. The van der Waals surface area contributed by atoms with Gasteiger partial charge in [0.2, 0.25) is 0 Å². The number of ether oxygens (including phenoxy) is 1. The summed E-state index contributed by atoms with van der Waals surface area (Å²) in [4.78, 5) is 23.4. The first-order valence-electron chi connectivity index (χ1n) is 7.40. The topological polar surface area (TPSA) is 66.1 Å². The van der Waals surface area contributed by atoms with Gasteiger partial charge in [-0.3, -0.25) is 4.79 Å². The Labute approximate surface area is 156 Å². The van der Waals surface area contributed by atoms with Crippen molar-refractivity contribution in [2.75, 3.05) is 6.61 Å². The number of alkyl halides is 3. The molecule has 0 N–H and O–H groups in total. The SMILES string of the molecule is CCOC(=O)C(Cl)Cc1cc(-c2nn(C)c(=O)n2C(F)F)c(F)cc1Cl. The zero-order valence-corrected chi connectivity index (χ0v) is 15.2. The highest BCUT2D eigenvalue weighted by atomic mass is 35.5. The van der Waals surface area contributed by atoms with Gasteiger partial charge in [-0.25, -0.2) is 18.4 Å². The number of benzene rings is 1. The number of hydrogen-bond donors (Lipinski definition) is 0. The number of esters is 1. The van der Waals surface area contributed by atoms with Gasteiger partial charge in [0, 0.05) is 18.5 Å². The molecule has 1 heterocycles. The molecule has 0 bridgehead atoms. The maximum Gasteiger partial charge on any atom is 0.350 e. The van der Waals surface area contributed by atoms with Gasteiger partial charge in [-0.15, -0.1) is 16.7 Å². The quantitative estimate of drug-likeness (QED) is 0.540. The van der Waals surface area contributed by atoms with E-state index in [1.807, 2.05) is 0 Å². The molecule has 1 unspecified atom stereocenters. The fraction of sp³-hybridized carbons (Fsp3) is 0.400. The van der Waals surface area contributed by atoms with Crippen molar-refractivity contribution >= 4 is 29.2 Å². The van der Waals surface area contributed by atoms with Crippen molar-refractivity contribution < 1.29 is 22.7 Å². The molecule has 2 aromatic rings. The largest absolute Gasteiger partial charge is 0.465 e. The van der Waals surface area contributed by atoms with Crippen molar-refractivity contribution in [2.45, 2.75) is 25.3 Å². The Morgan fingerprint density at radius 2 is 2.04 bits per heavy atom. The smallest absolute Gasteiger partial charge is 0.350 e. The van der Waals surface area contributed by atoms with Crippen molar-refractivity contribution in [3.8, 4) is 11.4 Å². The number of carbonyl (C=O) groups excluding carboxylic acids is 1. The van der Waals surface area contributed by atoms with Crippen molar-refractivity contribution in [3.05, 3.63) is 39.0 Å². The van der Waals surface area contributed by atoms with Gasteiger partial charge in [-0.2, -0.15) is 8.78 Å². The first-order chi connectivity index (χ1) is 12.2. The molecule has 0 radical (unpaired) electrons. The molecule has 11 heteroatoms. The lowest BCUT2D eigenvalue weighted by molar-refractivity contribution is -0.142. The highest BCUT2D eigenvalue weighted by Gasteiger charge is 2.25. The molecule has 0 aliphatic rings. The molecule has 142 valence electrons. The van der Waals surface area contributed by atoms with E-state index in [-0.39, 0.29) is 33.7 Å². The third kappa shape index (κ3) is 4.04. The number of aromatic nitrogens is 3. The zero-order valence-electron chi connectivity index (χ0n) is 13.7. The van der Waals surface area contributed by atoms with Crippen LogP contribution in [-0.2, 0) is 23.0 Å². The Kier molecular flexibility index (Phi) is 6.35.